The highest BCUT2D eigenvalue weighted by atomic mass is 16.4. The van der Waals surface area contributed by atoms with Gasteiger partial charge in [-0.2, -0.15) is 0 Å². The van der Waals surface area contributed by atoms with E-state index in [1.807, 2.05) is 14.1 Å². The molecule has 1 atom stereocenters. The number of furan rings is 1. The number of piperidine rings is 1. The molecule has 1 unspecified atom stereocenters. The Bertz CT molecular complexity index is 481. The smallest absolute Gasteiger partial charge is 0.338 e. The van der Waals surface area contributed by atoms with Gasteiger partial charge in [0, 0.05) is 25.2 Å². The number of carboxylic acid groups (broad SMARTS) is 1. The third-order valence-electron chi connectivity index (χ3n) is 3.47. The molecule has 6 heteroatoms. The van der Waals surface area contributed by atoms with E-state index in [1.165, 1.54) is 6.07 Å². The molecule has 2 rings (SSSR count). The minimum Gasteiger partial charge on any atom is -0.478 e. The Morgan fingerprint density at radius 1 is 1.47 bits per heavy atom. The van der Waals surface area contributed by atoms with Gasteiger partial charge in [-0.05, 0) is 26.9 Å². The predicted octanol–water partition coefficient (Wildman–Crippen LogP) is 1.14. The number of hydrogen-bond acceptors (Lipinski definition) is 4. The van der Waals surface area contributed by atoms with E-state index in [9.17, 15) is 9.59 Å². The first-order chi connectivity index (χ1) is 8.99. The number of aromatic carboxylic acids is 1. The molecule has 1 amide bonds. The summed E-state index contributed by atoms with van der Waals surface area (Å²) in [5.41, 5.74) is 0.00418. The zero-order valence-electron chi connectivity index (χ0n) is 11.1. The van der Waals surface area contributed by atoms with Gasteiger partial charge in [0.25, 0.3) is 5.91 Å². The summed E-state index contributed by atoms with van der Waals surface area (Å²) >= 11 is 0. The standard InChI is InChI=1S/C13H18N2O4/c1-14(2)10-4-3-5-15(7-10)12(16)11-6-9(8-19-11)13(17)18/h6,8,10H,3-5,7H2,1-2H3,(H,17,18). The van der Waals surface area contributed by atoms with Gasteiger partial charge in [-0.15, -0.1) is 0 Å². The van der Waals surface area contributed by atoms with E-state index < -0.39 is 5.97 Å². The van der Waals surface area contributed by atoms with Crippen molar-refractivity contribution in [2.45, 2.75) is 18.9 Å². The molecule has 1 aromatic rings. The zero-order valence-corrected chi connectivity index (χ0v) is 11.1. The number of carbonyl (C=O) groups is 2. The largest absolute Gasteiger partial charge is 0.478 e. The first kappa shape index (κ1) is 13.6. The lowest BCUT2D eigenvalue weighted by Crippen LogP contribution is -2.47. The molecule has 19 heavy (non-hydrogen) atoms. The fourth-order valence-corrected chi connectivity index (χ4v) is 2.28. The molecule has 0 aromatic carbocycles. The van der Waals surface area contributed by atoms with Crippen molar-refractivity contribution >= 4 is 11.9 Å². The summed E-state index contributed by atoms with van der Waals surface area (Å²) in [6.45, 7) is 1.33. The highest BCUT2D eigenvalue weighted by Crippen LogP contribution is 2.17. The van der Waals surface area contributed by atoms with Crippen LogP contribution >= 0.6 is 0 Å². The summed E-state index contributed by atoms with van der Waals surface area (Å²) in [5, 5.41) is 8.81. The van der Waals surface area contributed by atoms with Crippen LogP contribution in [-0.4, -0.2) is 60.0 Å². The summed E-state index contributed by atoms with van der Waals surface area (Å²) in [5.74, 6) is -1.23. The van der Waals surface area contributed by atoms with Crippen molar-refractivity contribution in [1.82, 2.24) is 9.80 Å². The molecule has 1 fully saturated rings. The van der Waals surface area contributed by atoms with Crippen molar-refractivity contribution in [1.29, 1.82) is 0 Å². The monoisotopic (exact) mass is 266 g/mol. The van der Waals surface area contributed by atoms with Crippen LogP contribution in [-0.2, 0) is 0 Å². The molecule has 2 heterocycles. The fourth-order valence-electron chi connectivity index (χ4n) is 2.28. The van der Waals surface area contributed by atoms with E-state index in [0.717, 1.165) is 19.1 Å². The molecule has 1 aliphatic heterocycles. The van der Waals surface area contributed by atoms with Gasteiger partial charge in [0.05, 0.1) is 5.56 Å². The van der Waals surface area contributed by atoms with Gasteiger partial charge < -0.3 is 19.3 Å². The number of carboxylic acids is 1. The summed E-state index contributed by atoms with van der Waals surface area (Å²) in [6.07, 6.45) is 3.11. The molecule has 0 aliphatic carbocycles. The average Bonchev–Trinajstić information content (AvgIpc) is 2.87. The van der Waals surface area contributed by atoms with Crippen LogP contribution in [0.4, 0.5) is 0 Å². The number of rotatable bonds is 3. The van der Waals surface area contributed by atoms with Crippen LogP contribution in [0.25, 0.3) is 0 Å². The molecule has 6 nitrogen and oxygen atoms in total. The lowest BCUT2D eigenvalue weighted by atomic mass is 10.0. The van der Waals surface area contributed by atoms with Crippen LogP contribution < -0.4 is 0 Å². The second-order valence-corrected chi connectivity index (χ2v) is 5.02. The molecular weight excluding hydrogens is 248 g/mol. The lowest BCUT2D eigenvalue weighted by Gasteiger charge is -2.35. The third-order valence-corrected chi connectivity index (χ3v) is 3.47. The molecule has 1 aliphatic rings. The minimum atomic E-state index is -1.09. The van der Waals surface area contributed by atoms with Crippen LogP contribution in [0.15, 0.2) is 16.7 Å². The maximum Gasteiger partial charge on any atom is 0.338 e. The maximum absolute atomic E-state index is 12.2. The molecule has 1 saturated heterocycles. The van der Waals surface area contributed by atoms with Crippen molar-refractivity contribution in [3.8, 4) is 0 Å². The van der Waals surface area contributed by atoms with E-state index in [-0.39, 0.29) is 17.2 Å². The summed E-state index contributed by atoms with van der Waals surface area (Å²) in [4.78, 5) is 26.8. The van der Waals surface area contributed by atoms with Gasteiger partial charge in [0.1, 0.15) is 6.26 Å². The van der Waals surface area contributed by atoms with Gasteiger partial charge in [-0.1, -0.05) is 0 Å². The second-order valence-electron chi connectivity index (χ2n) is 5.02. The van der Waals surface area contributed by atoms with Crippen LogP contribution in [0, 0.1) is 0 Å². The summed E-state index contributed by atoms with van der Waals surface area (Å²) < 4.78 is 5.05. The third kappa shape index (κ3) is 2.96. The molecule has 0 spiro atoms. The maximum atomic E-state index is 12.2. The van der Waals surface area contributed by atoms with Gasteiger partial charge in [-0.3, -0.25) is 4.79 Å². The second kappa shape index (κ2) is 5.44. The lowest BCUT2D eigenvalue weighted by molar-refractivity contribution is 0.0603. The average molecular weight is 266 g/mol. The quantitative estimate of drug-likeness (QED) is 0.888. The molecule has 104 valence electrons. The number of hydrogen-bond donors (Lipinski definition) is 1. The van der Waals surface area contributed by atoms with E-state index >= 15 is 0 Å². The van der Waals surface area contributed by atoms with Crippen LogP contribution in [0.5, 0.6) is 0 Å². The molecular formula is C13H18N2O4. The van der Waals surface area contributed by atoms with Crippen molar-refractivity contribution < 1.29 is 19.1 Å². The molecule has 0 bridgehead atoms. The predicted molar refractivity (Wildman–Crippen MR) is 68.3 cm³/mol. The highest BCUT2D eigenvalue weighted by molar-refractivity contribution is 5.95. The first-order valence-electron chi connectivity index (χ1n) is 6.26. The first-order valence-corrected chi connectivity index (χ1v) is 6.26. The van der Waals surface area contributed by atoms with Crippen molar-refractivity contribution in [2.75, 3.05) is 27.2 Å². The van der Waals surface area contributed by atoms with E-state index in [0.29, 0.717) is 19.1 Å². The highest BCUT2D eigenvalue weighted by Gasteiger charge is 2.27. The Kier molecular flexibility index (Phi) is 3.90. The summed E-state index contributed by atoms with van der Waals surface area (Å²) in [6, 6.07) is 1.62. The molecule has 1 N–H and O–H groups in total. The van der Waals surface area contributed by atoms with Gasteiger partial charge in [0.15, 0.2) is 5.76 Å². The number of likely N-dealkylation sites (tertiary alicyclic amines) is 1. The fraction of sp³-hybridized carbons (Fsp3) is 0.538. The number of carbonyl (C=O) groups excluding carboxylic acids is 1. The Morgan fingerprint density at radius 2 is 2.21 bits per heavy atom. The van der Waals surface area contributed by atoms with Gasteiger partial charge >= 0.3 is 5.97 Å². The molecule has 1 aromatic heterocycles. The van der Waals surface area contributed by atoms with Crippen molar-refractivity contribution in [2.24, 2.45) is 0 Å². The van der Waals surface area contributed by atoms with Gasteiger partial charge in [-0.25, -0.2) is 4.79 Å². The topological polar surface area (TPSA) is 74.0 Å². The molecule has 0 radical (unpaired) electrons. The summed E-state index contributed by atoms with van der Waals surface area (Å²) in [7, 11) is 3.99. The van der Waals surface area contributed by atoms with Crippen LogP contribution in [0.2, 0.25) is 0 Å². The van der Waals surface area contributed by atoms with Crippen LogP contribution in [0.3, 0.4) is 0 Å². The minimum absolute atomic E-state index is 0.00418. The number of nitrogens with zero attached hydrogens (tertiary/aromatic N) is 2. The van der Waals surface area contributed by atoms with Crippen molar-refractivity contribution in [3.63, 3.8) is 0 Å². The number of amides is 1. The van der Waals surface area contributed by atoms with E-state index in [2.05, 4.69) is 4.90 Å². The SMILES string of the molecule is CN(C)C1CCCN(C(=O)c2cc(C(=O)O)co2)C1. The van der Waals surface area contributed by atoms with Gasteiger partial charge in [0.2, 0.25) is 0 Å². The van der Waals surface area contributed by atoms with E-state index in [4.69, 9.17) is 9.52 Å². The normalized spacial score (nSPS) is 19.7. The van der Waals surface area contributed by atoms with Crippen molar-refractivity contribution in [3.05, 3.63) is 23.7 Å². The molecule has 0 saturated carbocycles. The Balaban J connectivity index is 2.08. The zero-order chi connectivity index (χ0) is 14.0. The Hall–Kier alpha value is -1.82. The Labute approximate surface area is 111 Å². The van der Waals surface area contributed by atoms with Crippen LogP contribution in [0.1, 0.15) is 33.8 Å². The number of likely N-dealkylation sites (N-methyl/N-ethyl adjacent to an activating group) is 1. The Morgan fingerprint density at radius 3 is 2.79 bits per heavy atom. The van der Waals surface area contributed by atoms with E-state index in [1.54, 1.807) is 4.90 Å².